The molecule has 3 aromatic rings. The van der Waals surface area contributed by atoms with E-state index in [1.165, 1.54) is 60.7 Å². The lowest BCUT2D eigenvalue weighted by atomic mass is 9.89. The van der Waals surface area contributed by atoms with Crippen molar-refractivity contribution in [2.75, 3.05) is 19.8 Å². The fraction of sp³-hybridized carbons (Fsp3) is 0.308. The van der Waals surface area contributed by atoms with Gasteiger partial charge in [0.25, 0.3) is 11.5 Å². The number of nitrogens with one attached hydrogen (secondary N) is 2. The van der Waals surface area contributed by atoms with Crippen molar-refractivity contribution in [3.63, 3.8) is 0 Å². The lowest BCUT2D eigenvalue weighted by Crippen LogP contribution is -2.58. The second-order valence-electron chi connectivity index (χ2n) is 14.9. The molecule has 0 radical (unpaired) electrons. The summed E-state index contributed by atoms with van der Waals surface area (Å²) in [5.41, 5.74) is -2.16. The highest BCUT2D eigenvalue weighted by atomic mass is 31.3. The van der Waals surface area contributed by atoms with Crippen LogP contribution in [0, 0.1) is 0 Å². The molecule has 0 spiro atoms. The SMILES string of the molecule is O=C(NC/C=C/c1cn([C@@H]2O[C@H](COP(=O)(O)OP(=O)(O)O[C@@H]3O[C@H](CO)[C@@H](O)[C@@H](O)[C@H]3O)[C@@H](O)[C@H]2O)c(=O)[nH]c1=O)c1ccc(C(=O)O)c(-c2c3ccc(=O)cc-3oc3cc(O)ccc23)c1. The lowest BCUT2D eigenvalue weighted by molar-refractivity contribution is -0.280. The summed E-state index contributed by atoms with van der Waals surface area (Å²) in [6.45, 7) is -2.37. The number of aliphatic hydroxyl groups is 6. The Kier molecular flexibility index (Phi) is 14.3. The minimum absolute atomic E-state index is 0.0125. The monoisotopic (exact) mass is 979 g/mol. The third-order valence-corrected chi connectivity index (χ3v) is 13.0. The van der Waals surface area contributed by atoms with Gasteiger partial charge in [0.15, 0.2) is 17.9 Å². The van der Waals surface area contributed by atoms with Crippen LogP contribution in [0.2, 0.25) is 0 Å². The predicted molar refractivity (Wildman–Crippen MR) is 223 cm³/mol. The van der Waals surface area contributed by atoms with E-state index in [1.807, 2.05) is 4.98 Å². The molecule has 1 amide bonds. The van der Waals surface area contributed by atoms with Gasteiger partial charge in [-0.2, -0.15) is 4.31 Å². The van der Waals surface area contributed by atoms with Crippen LogP contribution in [0.5, 0.6) is 5.75 Å². The number of carboxylic acids is 1. The molecule has 11 atom stereocenters. The number of aromatic amines is 1. The molecule has 2 unspecified atom stereocenters. The van der Waals surface area contributed by atoms with Crippen molar-refractivity contribution in [1.29, 1.82) is 0 Å². The third-order valence-electron chi connectivity index (χ3n) is 10.4. The minimum atomic E-state index is -5.73. The zero-order valence-corrected chi connectivity index (χ0v) is 35.7. The molecule has 4 aliphatic rings. The maximum Gasteiger partial charge on any atom is 0.483 e. The average Bonchev–Trinajstić information content (AvgIpc) is 3.54. The van der Waals surface area contributed by atoms with Crippen LogP contribution in [0.4, 0.5) is 0 Å². The van der Waals surface area contributed by atoms with Crippen LogP contribution >= 0.6 is 15.6 Å². The first-order chi connectivity index (χ1) is 31.6. The summed E-state index contributed by atoms with van der Waals surface area (Å²) < 4.78 is 55.2. The highest BCUT2D eigenvalue weighted by molar-refractivity contribution is 7.61. The topological polar surface area (TPSA) is 414 Å². The fourth-order valence-corrected chi connectivity index (χ4v) is 9.36. The first kappa shape index (κ1) is 49.1. The average molecular weight is 980 g/mol. The Bertz CT molecular complexity index is 2990. The molecule has 2 aromatic carbocycles. The van der Waals surface area contributed by atoms with Crippen LogP contribution < -0.4 is 22.0 Å². The van der Waals surface area contributed by atoms with E-state index in [0.29, 0.717) is 21.1 Å². The van der Waals surface area contributed by atoms with Crippen LogP contribution in [0.25, 0.3) is 39.5 Å². The summed E-state index contributed by atoms with van der Waals surface area (Å²) in [7, 11) is -11.4. The Hall–Kier alpha value is -5.77. The number of ether oxygens (including phenoxy) is 2. The maximum atomic E-state index is 13.4. The largest absolute Gasteiger partial charge is 0.508 e. The summed E-state index contributed by atoms with van der Waals surface area (Å²) in [5.74, 6) is -2.13. The fourth-order valence-electron chi connectivity index (χ4n) is 7.20. The molecule has 7 rings (SSSR count). The van der Waals surface area contributed by atoms with Crippen LogP contribution in [0.1, 0.15) is 32.5 Å². The molecule has 12 N–H and O–H groups in total. The Morgan fingerprint density at radius 3 is 2.30 bits per heavy atom. The number of phenolic OH excluding ortho intramolecular Hbond substituents is 1. The van der Waals surface area contributed by atoms with E-state index in [4.69, 9.17) is 13.9 Å². The van der Waals surface area contributed by atoms with Gasteiger partial charge in [-0.05, 0) is 48.0 Å². The second kappa shape index (κ2) is 19.4. The van der Waals surface area contributed by atoms with Crippen molar-refractivity contribution in [2.24, 2.45) is 0 Å². The molecule has 0 saturated carbocycles. The van der Waals surface area contributed by atoms with Gasteiger partial charge in [-0.15, -0.1) is 0 Å². The highest BCUT2D eigenvalue weighted by Gasteiger charge is 2.50. The molecule has 1 aliphatic carbocycles. The number of nitrogens with zero attached hydrogens (tertiary/aromatic N) is 1. The van der Waals surface area contributed by atoms with Crippen LogP contribution in [-0.2, 0) is 32.0 Å². The number of aromatic hydroxyl groups is 1. The number of hydrogen-bond donors (Lipinski definition) is 12. The van der Waals surface area contributed by atoms with Crippen LogP contribution in [-0.4, -0.2) is 141 Å². The number of carbonyl (C=O) groups excluding carboxylic acids is 1. The van der Waals surface area contributed by atoms with Crippen LogP contribution in [0.3, 0.4) is 0 Å². The minimum Gasteiger partial charge on any atom is -0.508 e. The number of rotatable bonds is 15. The van der Waals surface area contributed by atoms with E-state index in [9.17, 15) is 83.7 Å². The number of phosphoric ester groups is 2. The van der Waals surface area contributed by atoms with Gasteiger partial charge in [0.1, 0.15) is 59.8 Å². The standard InChI is InChI=1S/C39H39N3O23P2/c43-14-26-29(46)31(48)33(50)38(63-26)64-67(58,59)65-66(56,57)60-15-27-30(47)32(49)36(62-27)42-13-17(35(52)41-39(42)55)2-1-9-40-34(51)16-3-6-20(37(53)54)23(10-16)28-21-7-4-18(44)11-24(21)61-25-12-19(45)5-8-22(25)28/h1-8,10-13,26-27,29-33,36,38,43-44,46-50H,9,14-15H2,(H,40,51)(H,53,54)(H,56,57)(H,58,59)(H,41,52,55)/b2-1+/t26-,27-,29-,30-,31-,32-,33-,36-,38+/m1/s1. The van der Waals surface area contributed by atoms with Crippen molar-refractivity contribution >= 4 is 44.6 Å². The number of carbonyl (C=O) groups is 2. The molecular weight excluding hydrogens is 940 g/mol. The molecule has 67 heavy (non-hydrogen) atoms. The summed E-state index contributed by atoms with van der Waals surface area (Å²) >= 11 is 0. The van der Waals surface area contributed by atoms with Gasteiger partial charge in [-0.25, -0.2) is 18.7 Å². The first-order valence-electron chi connectivity index (χ1n) is 19.5. The number of carboxylic acid groups (broad SMARTS) is 1. The van der Waals surface area contributed by atoms with E-state index >= 15 is 0 Å². The summed E-state index contributed by atoms with van der Waals surface area (Å²) in [6, 6.07) is 11.8. The first-order valence-corrected chi connectivity index (χ1v) is 22.5. The molecule has 4 heterocycles. The van der Waals surface area contributed by atoms with Gasteiger partial charge >= 0.3 is 27.3 Å². The number of hydrogen-bond acceptors (Lipinski definition) is 20. The molecule has 26 nitrogen and oxygen atoms in total. The lowest BCUT2D eigenvalue weighted by Gasteiger charge is -2.39. The Morgan fingerprint density at radius 1 is 0.851 bits per heavy atom. The molecule has 358 valence electrons. The number of fused-ring (bicyclic) bond motifs is 2. The van der Waals surface area contributed by atoms with Gasteiger partial charge in [-0.1, -0.05) is 12.2 Å². The van der Waals surface area contributed by atoms with Gasteiger partial charge in [0, 0.05) is 47.0 Å². The highest BCUT2D eigenvalue weighted by Crippen LogP contribution is 2.61. The van der Waals surface area contributed by atoms with E-state index in [0.717, 1.165) is 12.3 Å². The van der Waals surface area contributed by atoms with E-state index in [2.05, 4.69) is 18.7 Å². The molecule has 0 bridgehead atoms. The quantitative estimate of drug-likeness (QED) is 0.0439. The summed E-state index contributed by atoms with van der Waals surface area (Å²) in [6.07, 6.45) is -14.1. The van der Waals surface area contributed by atoms with Gasteiger partial charge in [-0.3, -0.25) is 33.0 Å². The van der Waals surface area contributed by atoms with Gasteiger partial charge in [0.2, 0.25) is 0 Å². The number of benzene rings is 3. The Labute approximate surface area is 373 Å². The van der Waals surface area contributed by atoms with Gasteiger partial charge < -0.3 is 69.8 Å². The van der Waals surface area contributed by atoms with Gasteiger partial charge in [0.05, 0.1) is 24.3 Å². The molecule has 1 aromatic heterocycles. The molecule has 2 saturated heterocycles. The van der Waals surface area contributed by atoms with Crippen molar-refractivity contribution in [2.45, 2.75) is 55.2 Å². The maximum absolute atomic E-state index is 13.4. The van der Waals surface area contributed by atoms with E-state index < -0.39 is 113 Å². The smallest absolute Gasteiger partial charge is 0.483 e. The van der Waals surface area contributed by atoms with Crippen molar-refractivity contribution in [1.82, 2.24) is 14.9 Å². The normalized spacial score (nSPS) is 26.1. The number of aromatic carboxylic acids is 1. The third kappa shape index (κ3) is 10.5. The number of aliphatic hydroxyl groups excluding tert-OH is 6. The van der Waals surface area contributed by atoms with Crippen LogP contribution in [0.15, 0.2) is 85.7 Å². The molecule has 28 heteroatoms. The number of phosphoric acid groups is 2. The number of phenols is 1. The number of aromatic nitrogens is 2. The zero-order chi connectivity index (χ0) is 48.7. The Morgan fingerprint density at radius 2 is 1.58 bits per heavy atom. The Balaban J connectivity index is 1.02. The van der Waals surface area contributed by atoms with Crippen molar-refractivity contribution < 1.29 is 96.6 Å². The predicted octanol–water partition coefficient (Wildman–Crippen LogP) is -1.07. The number of amides is 1. The van der Waals surface area contributed by atoms with E-state index in [-0.39, 0.29) is 45.9 Å². The molecule has 3 aliphatic heterocycles. The molecular formula is C39H39N3O23P2. The van der Waals surface area contributed by atoms with Crippen molar-refractivity contribution in [3.8, 4) is 28.2 Å². The number of H-pyrrole nitrogens is 1. The van der Waals surface area contributed by atoms with Crippen molar-refractivity contribution in [3.05, 3.63) is 115 Å². The summed E-state index contributed by atoms with van der Waals surface area (Å²) in [5, 5.41) is 83.6. The van der Waals surface area contributed by atoms with E-state index in [1.54, 1.807) is 0 Å². The second-order valence-corrected chi connectivity index (χ2v) is 17.9. The summed E-state index contributed by atoms with van der Waals surface area (Å²) in [4.78, 5) is 85.7. The zero-order valence-electron chi connectivity index (χ0n) is 33.9. The molecule has 2 fully saturated rings.